The van der Waals surface area contributed by atoms with Crippen molar-refractivity contribution in [2.75, 3.05) is 13.6 Å². The minimum Gasteiger partial charge on any atom is -0.481 e. The van der Waals surface area contributed by atoms with E-state index < -0.39 is 44.0 Å². The molecule has 0 fully saturated rings. The normalized spacial score (nSPS) is 12.2. The van der Waals surface area contributed by atoms with Gasteiger partial charge in [0.25, 0.3) is 5.91 Å². The first-order valence-electron chi connectivity index (χ1n) is 19.2. The first-order valence-corrected chi connectivity index (χ1v) is 19.2. The van der Waals surface area contributed by atoms with Crippen LogP contribution in [0.4, 0.5) is 0 Å². The number of amides is 1. The van der Waals surface area contributed by atoms with Gasteiger partial charge in [-0.15, -0.1) is 0 Å². The number of unbranched alkanes of at least 4 members (excludes halogenated alkanes) is 14. The van der Waals surface area contributed by atoms with Gasteiger partial charge in [-0.3, -0.25) is 24.0 Å². The van der Waals surface area contributed by atoms with Gasteiger partial charge in [0.2, 0.25) is 0 Å². The van der Waals surface area contributed by atoms with Crippen LogP contribution in [0.1, 0.15) is 152 Å². The molecule has 0 spiro atoms. The molecule has 1 amide bonds. The lowest BCUT2D eigenvalue weighted by Crippen LogP contribution is -2.40. The fraction of sp³-hybridized carbons (Fsp3) is 0.703. The highest BCUT2D eigenvalue weighted by atomic mass is 16.4. The van der Waals surface area contributed by atoms with Crippen molar-refractivity contribution in [3.05, 3.63) is 23.8 Å². The van der Waals surface area contributed by atoms with E-state index >= 15 is 0 Å². The molecule has 0 aliphatic heterocycles. The molecule has 0 unspecified atom stereocenters. The molecule has 1 aromatic rings. The van der Waals surface area contributed by atoms with E-state index in [0.29, 0.717) is 38.6 Å². The zero-order valence-corrected chi connectivity index (χ0v) is 31.0. The number of likely N-dealkylation sites (N-methyl/N-ethyl adjacent to an activating group) is 1. The van der Waals surface area contributed by atoms with Crippen molar-refractivity contribution in [2.45, 2.75) is 147 Å². The van der Waals surface area contributed by atoms with Gasteiger partial charge in [-0.05, 0) is 62.2 Å². The highest BCUT2D eigenvalue weighted by Gasteiger charge is 2.23. The van der Waals surface area contributed by atoms with Crippen molar-refractivity contribution in [2.24, 2.45) is 5.92 Å². The number of benzene rings is 1. The van der Waals surface area contributed by atoms with Crippen LogP contribution in [-0.2, 0) is 19.2 Å². The summed E-state index contributed by atoms with van der Waals surface area (Å²) in [5.41, 5.74) is 0.151. The third-order valence-electron chi connectivity index (χ3n) is 9.44. The van der Waals surface area contributed by atoms with Crippen LogP contribution < -0.4 is 21.6 Å². The Balaban J connectivity index is 2.02. The largest absolute Gasteiger partial charge is 0.488 e. The van der Waals surface area contributed by atoms with Crippen LogP contribution in [-0.4, -0.2) is 93.6 Å². The fourth-order valence-electron chi connectivity index (χ4n) is 6.19. The van der Waals surface area contributed by atoms with E-state index in [0.717, 1.165) is 70.6 Å². The van der Waals surface area contributed by atoms with Crippen molar-refractivity contribution in [3.8, 4) is 0 Å². The van der Waals surface area contributed by atoms with E-state index in [1.807, 2.05) is 0 Å². The van der Waals surface area contributed by atoms with Gasteiger partial charge in [0.05, 0.1) is 5.92 Å². The second-order valence-corrected chi connectivity index (χ2v) is 13.9. The van der Waals surface area contributed by atoms with E-state index in [2.05, 4.69) is 10.6 Å². The van der Waals surface area contributed by atoms with E-state index in [9.17, 15) is 49.2 Å². The number of carboxylic acids is 2. The molecule has 1 aromatic carbocycles. The van der Waals surface area contributed by atoms with Gasteiger partial charge in [0.1, 0.15) is 17.6 Å². The molecule has 13 nitrogen and oxygen atoms in total. The molecule has 2 atom stereocenters. The van der Waals surface area contributed by atoms with Gasteiger partial charge in [0.15, 0.2) is 0 Å². The highest BCUT2D eigenvalue weighted by molar-refractivity contribution is 6.62. The maximum Gasteiger partial charge on any atom is 0.488 e. The standard InChI is InChI=1S/C37H62B2N2O11/c1-40-34(37(47)48)20-16-13-15-18-32(42)22-21-28(36(45)46)26-33(43)19-14-11-9-7-5-3-2-4-6-8-10-12-17-23-41-35(44)29-24-30(38(49)50)27-31(25-29)39(51)52/h24-25,27-28,34,40,49-52H,2-23,26H2,1H3,(H,41,44)(H,45,46)(H,47,48)/t28-,34+/m1/s1. The molecule has 8 N–H and O–H groups in total. The average Bonchev–Trinajstić information content (AvgIpc) is 3.10. The lowest BCUT2D eigenvalue weighted by Gasteiger charge is -2.12. The van der Waals surface area contributed by atoms with E-state index in [1.54, 1.807) is 7.05 Å². The summed E-state index contributed by atoms with van der Waals surface area (Å²) in [6.07, 6.45) is 17.2. The van der Waals surface area contributed by atoms with Crippen molar-refractivity contribution in [1.82, 2.24) is 10.6 Å². The summed E-state index contributed by atoms with van der Waals surface area (Å²) < 4.78 is 0. The quantitative estimate of drug-likeness (QED) is 0.0385. The number of carboxylic acid groups (broad SMARTS) is 2. The molecule has 0 radical (unpaired) electrons. The third-order valence-corrected chi connectivity index (χ3v) is 9.44. The summed E-state index contributed by atoms with van der Waals surface area (Å²) in [6, 6.07) is 3.25. The third kappa shape index (κ3) is 22.1. The molecule has 0 saturated carbocycles. The second kappa shape index (κ2) is 28.4. The SMILES string of the molecule is CN[C@@H](CCCCCC(=O)CC[C@H](CC(=O)CCCCCCCCCCCCCCCNC(=O)c1cc(B(O)O)cc(B(O)O)c1)C(=O)O)C(=O)O. The van der Waals surface area contributed by atoms with Crippen LogP contribution in [0.15, 0.2) is 18.2 Å². The lowest BCUT2D eigenvalue weighted by atomic mass is 9.72. The fourth-order valence-corrected chi connectivity index (χ4v) is 6.19. The Bertz CT molecular complexity index is 1190. The summed E-state index contributed by atoms with van der Waals surface area (Å²) in [4.78, 5) is 59.7. The van der Waals surface area contributed by atoms with Crippen LogP contribution in [0, 0.1) is 5.92 Å². The monoisotopic (exact) mass is 732 g/mol. The Morgan fingerprint density at radius 3 is 1.50 bits per heavy atom. The highest BCUT2D eigenvalue weighted by Crippen LogP contribution is 2.18. The molecule has 1 rings (SSSR count). The van der Waals surface area contributed by atoms with Crippen LogP contribution in [0.5, 0.6) is 0 Å². The molecule has 0 saturated heterocycles. The first kappa shape index (κ1) is 46.9. The molecule has 0 aliphatic rings. The lowest BCUT2D eigenvalue weighted by molar-refractivity contribution is -0.144. The van der Waals surface area contributed by atoms with Crippen LogP contribution >= 0.6 is 0 Å². The Kier molecular flexibility index (Phi) is 25.6. The predicted octanol–water partition coefficient (Wildman–Crippen LogP) is 2.87. The number of ketones is 2. The maximum atomic E-state index is 12.4. The van der Waals surface area contributed by atoms with Crippen LogP contribution in [0.2, 0.25) is 0 Å². The average molecular weight is 733 g/mol. The number of hydrogen-bond donors (Lipinski definition) is 8. The smallest absolute Gasteiger partial charge is 0.481 e. The topological polar surface area (TPSA) is 231 Å². The molecule has 0 aliphatic carbocycles. The van der Waals surface area contributed by atoms with E-state index in [4.69, 9.17) is 5.11 Å². The molecule has 292 valence electrons. The summed E-state index contributed by atoms with van der Waals surface area (Å²) in [7, 11) is -2.05. The Hall–Kier alpha value is -3.10. The number of rotatable bonds is 33. The molecular weight excluding hydrogens is 670 g/mol. The molecule has 0 bridgehead atoms. The van der Waals surface area contributed by atoms with Crippen molar-refractivity contribution < 1.29 is 54.3 Å². The zero-order valence-electron chi connectivity index (χ0n) is 31.0. The number of carbonyl (C=O) groups excluding carboxylic acids is 3. The van der Waals surface area contributed by atoms with Gasteiger partial charge in [-0.2, -0.15) is 0 Å². The van der Waals surface area contributed by atoms with Gasteiger partial charge in [-0.1, -0.05) is 89.5 Å². The second-order valence-electron chi connectivity index (χ2n) is 13.9. The van der Waals surface area contributed by atoms with Crippen LogP contribution in [0.3, 0.4) is 0 Å². The predicted molar refractivity (Wildman–Crippen MR) is 202 cm³/mol. The van der Waals surface area contributed by atoms with E-state index in [1.165, 1.54) is 37.5 Å². The maximum absolute atomic E-state index is 12.4. The molecular formula is C37H62B2N2O11. The number of Topliss-reactive ketones (excluding diaryl/α,β-unsaturated/α-hetero) is 2. The number of aliphatic carboxylic acids is 2. The summed E-state index contributed by atoms with van der Waals surface area (Å²) in [5, 5.41) is 61.6. The molecule has 15 heteroatoms. The van der Waals surface area contributed by atoms with Gasteiger partial charge in [-0.25, -0.2) is 0 Å². The number of hydrogen-bond acceptors (Lipinski definition) is 10. The van der Waals surface area contributed by atoms with Gasteiger partial charge >= 0.3 is 26.2 Å². The van der Waals surface area contributed by atoms with E-state index in [-0.39, 0.29) is 47.3 Å². The molecule has 0 heterocycles. The summed E-state index contributed by atoms with van der Waals surface area (Å²) in [6.45, 7) is 0.473. The summed E-state index contributed by atoms with van der Waals surface area (Å²) in [5.74, 6) is -3.27. The Morgan fingerprint density at radius 2 is 1.04 bits per heavy atom. The Morgan fingerprint density at radius 1 is 0.577 bits per heavy atom. The Labute approximate surface area is 309 Å². The zero-order chi connectivity index (χ0) is 38.7. The van der Waals surface area contributed by atoms with Crippen molar-refractivity contribution >= 4 is 54.6 Å². The van der Waals surface area contributed by atoms with Gasteiger partial charge < -0.3 is 40.9 Å². The van der Waals surface area contributed by atoms with Gasteiger partial charge in [0, 0.05) is 37.8 Å². The van der Waals surface area contributed by atoms with Crippen LogP contribution in [0.25, 0.3) is 0 Å². The molecule has 52 heavy (non-hydrogen) atoms. The molecule has 0 aromatic heterocycles. The number of nitrogens with one attached hydrogen (secondary N) is 2. The first-order chi connectivity index (χ1) is 24.8. The summed E-state index contributed by atoms with van der Waals surface area (Å²) >= 11 is 0. The van der Waals surface area contributed by atoms with Crippen molar-refractivity contribution in [3.63, 3.8) is 0 Å². The number of carbonyl (C=O) groups is 5. The van der Waals surface area contributed by atoms with Crippen molar-refractivity contribution in [1.29, 1.82) is 0 Å². The minimum absolute atomic E-state index is 0.00877. The minimum atomic E-state index is -1.83.